The van der Waals surface area contributed by atoms with Gasteiger partial charge in [-0.2, -0.15) is 11.3 Å². The zero-order valence-electron chi connectivity index (χ0n) is 18.0. The molecule has 3 aromatic carbocycles. The molecule has 5 heteroatoms. The summed E-state index contributed by atoms with van der Waals surface area (Å²) >= 11 is 1.83. The average Bonchev–Trinajstić information content (AvgIpc) is 3.35. The maximum atomic E-state index is 10.0. The van der Waals surface area contributed by atoms with Gasteiger partial charge < -0.3 is 5.11 Å². The number of aliphatic hydroxyl groups is 1. The van der Waals surface area contributed by atoms with E-state index in [4.69, 9.17) is 10.1 Å². The van der Waals surface area contributed by atoms with Crippen LogP contribution in [0.3, 0.4) is 0 Å². The van der Waals surface area contributed by atoms with Gasteiger partial charge in [0.2, 0.25) is 0 Å². The Balaban J connectivity index is 0.000000287. The fourth-order valence-corrected chi connectivity index (χ4v) is 5.25. The zero-order chi connectivity index (χ0) is 22.2. The molecule has 1 aliphatic rings. The Morgan fingerprint density at radius 2 is 1.76 bits per heavy atom. The Morgan fingerprint density at radius 3 is 2.52 bits per heavy atom. The number of thiophene rings is 1. The van der Waals surface area contributed by atoms with Gasteiger partial charge in [0.1, 0.15) is 0 Å². The standard InChI is InChI=1S/C23H12NS.C5H8O2.Ir/c1-2-9-20-17(6-1)23-16(7-4-10-21(23)25-20)19-13-15-12-11-14-5-3-8-18(24-19)22(14)15;1-4(6)3-5(2)7;/h1-6,8-13H;3,6H,1-2H3;/q-1;;/b;4-3-;. The molecule has 1 N–H and O–H groups in total. The molecule has 1 aliphatic carbocycles. The number of rotatable bonds is 2. The van der Waals surface area contributed by atoms with Crippen molar-refractivity contribution in [3.05, 3.63) is 89.7 Å². The quantitative estimate of drug-likeness (QED) is 0.122. The van der Waals surface area contributed by atoms with E-state index < -0.39 is 0 Å². The fourth-order valence-electron chi connectivity index (χ4n) is 4.13. The van der Waals surface area contributed by atoms with Gasteiger partial charge in [0.25, 0.3) is 0 Å². The molecule has 33 heavy (non-hydrogen) atoms. The van der Waals surface area contributed by atoms with Crippen molar-refractivity contribution in [2.75, 3.05) is 0 Å². The number of carbonyl (C=O) groups is 1. The van der Waals surface area contributed by atoms with Crippen LogP contribution >= 0.6 is 11.3 Å². The predicted molar refractivity (Wildman–Crippen MR) is 135 cm³/mol. The minimum atomic E-state index is -0.125. The Hall–Kier alpha value is -3.11. The number of aliphatic hydroxyl groups excluding tert-OH is 1. The maximum Gasteiger partial charge on any atom is 0.155 e. The molecule has 3 nitrogen and oxygen atoms in total. The number of nitrogens with zero attached hydrogens (tertiary/aromatic N) is 1. The molecule has 0 bridgehead atoms. The third-order valence-corrected chi connectivity index (χ3v) is 6.48. The van der Waals surface area contributed by atoms with Crippen LogP contribution in [0.15, 0.2) is 72.5 Å². The predicted octanol–water partition coefficient (Wildman–Crippen LogP) is 7.59. The third kappa shape index (κ3) is 4.40. The van der Waals surface area contributed by atoms with Crippen molar-refractivity contribution in [2.24, 2.45) is 0 Å². The van der Waals surface area contributed by atoms with Crippen molar-refractivity contribution in [1.82, 2.24) is 4.98 Å². The van der Waals surface area contributed by atoms with Crippen LogP contribution < -0.4 is 0 Å². The third-order valence-electron chi connectivity index (χ3n) is 5.34. The molecule has 6 rings (SSSR count). The van der Waals surface area contributed by atoms with Crippen LogP contribution in [0.5, 0.6) is 0 Å². The molecule has 2 heterocycles. The van der Waals surface area contributed by atoms with Crippen molar-refractivity contribution in [2.45, 2.75) is 13.8 Å². The molecule has 2 aromatic heterocycles. The molecule has 5 aromatic rings. The van der Waals surface area contributed by atoms with E-state index in [9.17, 15) is 4.79 Å². The molecule has 0 spiro atoms. The first-order valence-corrected chi connectivity index (χ1v) is 11.1. The number of benzene rings is 3. The van der Waals surface area contributed by atoms with Gasteiger partial charge in [-0.25, -0.2) is 0 Å². The van der Waals surface area contributed by atoms with Gasteiger partial charge in [0.15, 0.2) is 5.78 Å². The molecule has 0 saturated carbocycles. The number of hydrogen-bond acceptors (Lipinski definition) is 4. The van der Waals surface area contributed by atoms with Crippen molar-refractivity contribution in [3.8, 4) is 11.3 Å². The number of hydrogen-bond donors (Lipinski definition) is 1. The van der Waals surface area contributed by atoms with Crippen LogP contribution in [0.2, 0.25) is 0 Å². The minimum Gasteiger partial charge on any atom is -0.512 e. The van der Waals surface area contributed by atoms with Crippen molar-refractivity contribution in [1.29, 1.82) is 0 Å². The second-order valence-electron chi connectivity index (χ2n) is 7.76. The summed E-state index contributed by atoms with van der Waals surface area (Å²) in [6, 6.07) is 24.8. The molecule has 0 fully saturated rings. The van der Waals surface area contributed by atoms with Crippen molar-refractivity contribution in [3.63, 3.8) is 0 Å². The van der Waals surface area contributed by atoms with Crippen LogP contribution in [-0.2, 0) is 24.9 Å². The summed E-state index contributed by atoms with van der Waals surface area (Å²) in [6.45, 7) is 2.85. The van der Waals surface area contributed by atoms with Crippen LogP contribution in [0.1, 0.15) is 25.0 Å². The van der Waals surface area contributed by atoms with Crippen LogP contribution in [0.25, 0.3) is 54.5 Å². The minimum absolute atomic E-state index is 0. The second-order valence-corrected chi connectivity index (χ2v) is 8.84. The molecule has 0 amide bonds. The summed E-state index contributed by atoms with van der Waals surface area (Å²) in [7, 11) is 0. The number of allylic oxidation sites excluding steroid dienone is 2. The summed E-state index contributed by atoms with van der Waals surface area (Å²) in [5.74, 6) is -0.0625. The van der Waals surface area contributed by atoms with E-state index in [0.717, 1.165) is 16.8 Å². The molecule has 0 aliphatic heterocycles. The van der Waals surface area contributed by atoms with Gasteiger partial charge in [0, 0.05) is 36.3 Å². The molecule has 1 radical (unpaired) electrons. The van der Waals surface area contributed by atoms with Crippen LogP contribution in [0, 0.1) is 6.07 Å². The number of ketones is 1. The number of pyridine rings is 1. The Kier molecular flexibility index (Phi) is 6.57. The molecular formula is C28H20IrNO2S-. The van der Waals surface area contributed by atoms with Gasteiger partial charge >= 0.3 is 0 Å². The Bertz CT molecular complexity index is 1580. The summed E-state index contributed by atoms with van der Waals surface area (Å²) in [5.41, 5.74) is 5.66. The Morgan fingerprint density at radius 1 is 0.970 bits per heavy atom. The van der Waals surface area contributed by atoms with Gasteiger partial charge in [0.05, 0.1) is 11.3 Å². The maximum absolute atomic E-state index is 10.0. The molecule has 0 saturated heterocycles. The Labute approximate surface area is 209 Å². The number of fused-ring (bicyclic) bond motifs is 3. The number of carbonyl (C=O) groups excluding carboxylic acids is 1. The van der Waals surface area contributed by atoms with E-state index in [1.54, 1.807) is 0 Å². The first-order chi connectivity index (χ1) is 15.5. The molecule has 0 atom stereocenters. The average molecular weight is 627 g/mol. The van der Waals surface area contributed by atoms with E-state index in [0.29, 0.717) is 0 Å². The van der Waals surface area contributed by atoms with Crippen LogP contribution in [0.4, 0.5) is 0 Å². The largest absolute Gasteiger partial charge is 0.512 e. The fraction of sp³-hybridized carbons (Fsp3) is 0.0714. The SMILES string of the molecule is CC(=O)/C=C(/C)O.[Ir].[c-]1ccc2sc3ccccc3c2c1-c1cc2c3c(cccc3n1)C=C2. The summed E-state index contributed by atoms with van der Waals surface area (Å²) in [6.07, 6.45) is 5.53. The van der Waals surface area contributed by atoms with E-state index in [1.807, 2.05) is 17.4 Å². The van der Waals surface area contributed by atoms with Crippen LogP contribution in [-0.4, -0.2) is 15.9 Å². The van der Waals surface area contributed by atoms with Gasteiger partial charge in [-0.3, -0.25) is 9.78 Å². The van der Waals surface area contributed by atoms with E-state index in [2.05, 4.69) is 72.8 Å². The van der Waals surface area contributed by atoms with Crippen molar-refractivity contribution < 1.29 is 30.0 Å². The van der Waals surface area contributed by atoms with E-state index >= 15 is 0 Å². The monoisotopic (exact) mass is 627 g/mol. The summed E-state index contributed by atoms with van der Waals surface area (Å²) in [4.78, 5) is 15.0. The van der Waals surface area contributed by atoms with Gasteiger partial charge in [-0.1, -0.05) is 53.9 Å². The van der Waals surface area contributed by atoms with Gasteiger partial charge in [-0.05, 0) is 52.9 Å². The topological polar surface area (TPSA) is 50.2 Å². The molecule has 165 valence electrons. The second kappa shape index (κ2) is 9.40. The van der Waals surface area contributed by atoms with Gasteiger partial charge in [-0.15, -0.1) is 23.8 Å². The first-order valence-electron chi connectivity index (χ1n) is 10.3. The molecular weight excluding hydrogens is 607 g/mol. The smallest absolute Gasteiger partial charge is 0.155 e. The zero-order valence-corrected chi connectivity index (χ0v) is 21.3. The molecule has 0 unspecified atom stereocenters. The number of aromatic nitrogens is 1. The van der Waals surface area contributed by atoms with E-state index in [1.165, 1.54) is 56.6 Å². The normalized spacial score (nSPS) is 12.0. The van der Waals surface area contributed by atoms with Crippen molar-refractivity contribution >= 4 is 60.3 Å². The summed E-state index contributed by atoms with van der Waals surface area (Å²) < 4.78 is 2.60. The first kappa shape index (κ1) is 23.1. The van der Waals surface area contributed by atoms with E-state index in [-0.39, 0.29) is 31.6 Å². The summed E-state index contributed by atoms with van der Waals surface area (Å²) in [5, 5.41) is 12.2.